The summed E-state index contributed by atoms with van der Waals surface area (Å²) in [6, 6.07) is 0. The molecule has 1 aliphatic rings. The first kappa shape index (κ1) is 10.2. The fraction of sp³-hybridized carbons (Fsp3) is 0.667. The molecule has 2 atom stereocenters. The molecule has 1 saturated heterocycles. The van der Waals surface area contributed by atoms with Gasteiger partial charge in [-0.2, -0.15) is 0 Å². The van der Waals surface area contributed by atoms with Gasteiger partial charge in [0.05, 0.1) is 0 Å². The summed E-state index contributed by atoms with van der Waals surface area (Å²) in [6.07, 6.45) is 2.49. The van der Waals surface area contributed by atoms with Gasteiger partial charge in [0.1, 0.15) is 13.2 Å². The van der Waals surface area contributed by atoms with E-state index in [2.05, 4.69) is 6.58 Å². The molecule has 0 radical (unpaired) electrons. The van der Waals surface area contributed by atoms with E-state index in [0.29, 0.717) is 4.74 Å². The van der Waals surface area contributed by atoms with Crippen LogP contribution in [0.5, 0.6) is 0 Å². The maximum atomic E-state index is 10.8. The van der Waals surface area contributed by atoms with Crippen LogP contribution in [-0.4, -0.2) is 36.0 Å². The molecule has 13 heavy (non-hydrogen) atoms. The van der Waals surface area contributed by atoms with Crippen LogP contribution in [0.15, 0.2) is 12.7 Å². The highest BCUT2D eigenvalue weighted by Gasteiger charge is 2.40. The van der Waals surface area contributed by atoms with Crippen molar-refractivity contribution >= 4 is 6.21 Å². The Balaban J connectivity index is 2.75. The van der Waals surface area contributed by atoms with Crippen molar-refractivity contribution in [3.63, 3.8) is 0 Å². The minimum Gasteiger partial charge on any atom is -0.624 e. The Morgan fingerprint density at radius 2 is 1.92 bits per heavy atom. The average molecular weight is 185 g/mol. The van der Waals surface area contributed by atoms with Crippen molar-refractivity contribution in [2.75, 3.05) is 7.05 Å². The Hall–Kier alpha value is -0.870. The summed E-state index contributed by atoms with van der Waals surface area (Å²) in [5, 5.41) is 10.8. The second-order valence-corrected chi connectivity index (χ2v) is 3.50. The minimum atomic E-state index is -0.643. The summed E-state index contributed by atoms with van der Waals surface area (Å²) in [4.78, 5) is 0. The van der Waals surface area contributed by atoms with E-state index in [0.717, 1.165) is 0 Å². The zero-order valence-corrected chi connectivity index (χ0v) is 8.19. The maximum Gasteiger partial charge on any atom is 0.182 e. The van der Waals surface area contributed by atoms with Gasteiger partial charge in [-0.15, -0.1) is 6.58 Å². The molecule has 1 fully saturated rings. The highest BCUT2D eigenvalue weighted by atomic mass is 16.7. The molecule has 4 heteroatoms. The lowest BCUT2D eigenvalue weighted by molar-refractivity contribution is -0.420. The Kier molecular flexibility index (Phi) is 2.73. The van der Waals surface area contributed by atoms with Crippen LogP contribution >= 0.6 is 0 Å². The van der Waals surface area contributed by atoms with Crippen LogP contribution in [0.4, 0.5) is 0 Å². The van der Waals surface area contributed by atoms with Crippen LogP contribution in [0.25, 0.3) is 0 Å². The quantitative estimate of drug-likeness (QED) is 0.211. The third-order valence-corrected chi connectivity index (χ3v) is 1.75. The SMILES string of the molecule is C=C[C@H]1OC(C)(C)O[C@H]1/C=[N+](\C)[O-]. The molecule has 0 saturated carbocycles. The van der Waals surface area contributed by atoms with E-state index < -0.39 is 5.79 Å². The van der Waals surface area contributed by atoms with Gasteiger partial charge in [-0.05, 0) is 13.8 Å². The molecule has 1 aliphatic heterocycles. The second kappa shape index (κ2) is 3.47. The van der Waals surface area contributed by atoms with E-state index in [4.69, 9.17) is 9.47 Å². The molecule has 0 bridgehead atoms. The van der Waals surface area contributed by atoms with Gasteiger partial charge in [-0.25, -0.2) is 4.74 Å². The molecule has 0 aromatic heterocycles. The fourth-order valence-corrected chi connectivity index (χ4v) is 1.32. The van der Waals surface area contributed by atoms with Crippen LogP contribution in [0.2, 0.25) is 0 Å². The highest BCUT2D eigenvalue weighted by Crippen LogP contribution is 2.27. The highest BCUT2D eigenvalue weighted by molar-refractivity contribution is 5.60. The molecule has 4 nitrogen and oxygen atoms in total. The molecule has 0 aliphatic carbocycles. The van der Waals surface area contributed by atoms with Crippen molar-refractivity contribution in [2.24, 2.45) is 0 Å². The van der Waals surface area contributed by atoms with Crippen molar-refractivity contribution in [3.8, 4) is 0 Å². The largest absolute Gasteiger partial charge is 0.624 e. The standard InChI is InChI=1S/C9H15NO3/c1-5-7-8(6-10(4)11)13-9(2,3)12-7/h5-8H,1H2,2-4H3/b10-6+/t7-,8+/m1/s1. The molecule has 74 valence electrons. The lowest BCUT2D eigenvalue weighted by Crippen LogP contribution is -2.25. The summed E-state index contributed by atoms with van der Waals surface area (Å²) >= 11 is 0. The number of hydrogen-bond donors (Lipinski definition) is 0. The van der Waals surface area contributed by atoms with E-state index in [-0.39, 0.29) is 12.2 Å². The lowest BCUT2D eigenvalue weighted by atomic mass is 10.2. The Labute approximate surface area is 78.0 Å². The summed E-state index contributed by atoms with van der Waals surface area (Å²) in [6.45, 7) is 7.24. The van der Waals surface area contributed by atoms with Crippen LogP contribution < -0.4 is 0 Å². The van der Waals surface area contributed by atoms with Gasteiger partial charge in [-0.1, -0.05) is 6.08 Å². The van der Waals surface area contributed by atoms with Crippen molar-refractivity contribution < 1.29 is 14.2 Å². The number of hydrogen-bond acceptors (Lipinski definition) is 3. The number of rotatable bonds is 2. The van der Waals surface area contributed by atoms with E-state index >= 15 is 0 Å². The molecular formula is C9H15NO3. The number of ether oxygens (including phenoxy) is 2. The fourth-order valence-electron chi connectivity index (χ4n) is 1.32. The third-order valence-electron chi connectivity index (χ3n) is 1.75. The Morgan fingerprint density at radius 3 is 2.38 bits per heavy atom. The molecule has 0 unspecified atom stereocenters. The molecule has 0 aromatic carbocycles. The second-order valence-electron chi connectivity index (χ2n) is 3.50. The molecule has 0 amide bonds. The first-order valence-corrected chi connectivity index (χ1v) is 4.18. The lowest BCUT2D eigenvalue weighted by Gasteiger charge is -2.15. The Bertz CT molecular complexity index is 231. The zero-order chi connectivity index (χ0) is 10.1. The van der Waals surface area contributed by atoms with Gasteiger partial charge >= 0.3 is 0 Å². The van der Waals surface area contributed by atoms with E-state index in [1.165, 1.54) is 13.3 Å². The van der Waals surface area contributed by atoms with Gasteiger partial charge in [0.15, 0.2) is 18.1 Å². The van der Waals surface area contributed by atoms with E-state index in [9.17, 15) is 5.21 Å². The molecule has 1 heterocycles. The summed E-state index contributed by atoms with van der Waals surface area (Å²) in [5.74, 6) is -0.643. The molecule has 0 spiro atoms. The van der Waals surface area contributed by atoms with Crippen molar-refractivity contribution in [3.05, 3.63) is 17.9 Å². The first-order chi connectivity index (χ1) is 5.94. The van der Waals surface area contributed by atoms with Crippen molar-refractivity contribution in [1.82, 2.24) is 0 Å². The van der Waals surface area contributed by atoms with Crippen molar-refractivity contribution in [1.29, 1.82) is 0 Å². The molecular weight excluding hydrogens is 170 g/mol. The Morgan fingerprint density at radius 1 is 1.38 bits per heavy atom. The maximum absolute atomic E-state index is 10.8. The summed E-state index contributed by atoms with van der Waals surface area (Å²) in [5.41, 5.74) is 0. The van der Waals surface area contributed by atoms with Crippen LogP contribution in [-0.2, 0) is 9.47 Å². The number of nitrogens with zero attached hydrogens (tertiary/aromatic N) is 1. The predicted octanol–water partition coefficient (Wildman–Crippen LogP) is 0.903. The first-order valence-electron chi connectivity index (χ1n) is 4.18. The van der Waals surface area contributed by atoms with Gasteiger partial charge in [0.2, 0.25) is 0 Å². The summed E-state index contributed by atoms with van der Waals surface area (Å²) < 4.78 is 11.7. The van der Waals surface area contributed by atoms with Gasteiger partial charge in [0, 0.05) is 0 Å². The average Bonchev–Trinajstić information content (AvgIpc) is 2.24. The monoisotopic (exact) mass is 185 g/mol. The third kappa shape index (κ3) is 2.54. The minimum absolute atomic E-state index is 0.244. The smallest absolute Gasteiger partial charge is 0.182 e. The van der Waals surface area contributed by atoms with E-state index in [1.807, 2.05) is 13.8 Å². The van der Waals surface area contributed by atoms with Crippen LogP contribution in [0.3, 0.4) is 0 Å². The topological polar surface area (TPSA) is 44.5 Å². The molecule has 0 N–H and O–H groups in total. The van der Waals surface area contributed by atoms with E-state index in [1.54, 1.807) is 6.08 Å². The van der Waals surface area contributed by atoms with Gasteiger partial charge in [0.25, 0.3) is 0 Å². The predicted molar refractivity (Wildman–Crippen MR) is 49.6 cm³/mol. The molecule has 0 aromatic rings. The summed E-state index contributed by atoms with van der Waals surface area (Å²) in [7, 11) is 1.41. The van der Waals surface area contributed by atoms with Gasteiger partial charge < -0.3 is 14.7 Å². The van der Waals surface area contributed by atoms with Crippen molar-refractivity contribution in [2.45, 2.75) is 31.8 Å². The van der Waals surface area contributed by atoms with Gasteiger partial charge in [-0.3, -0.25) is 0 Å². The van der Waals surface area contributed by atoms with Crippen LogP contribution in [0, 0.1) is 5.21 Å². The zero-order valence-electron chi connectivity index (χ0n) is 8.19. The normalized spacial score (nSPS) is 33.3. The molecule has 1 rings (SSSR count). The van der Waals surface area contributed by atoms with Crippen LogP contribution in [0.1, 0.15) is 13.8 Å². The number of hydroxylamine groups is 1.